The summed E-state index contributed by atoms with van der Waals surface area (Å²) >= 11 is 1.82. The predicted octanol–water partition coefficient (Wildman–Crippen LogP) is 3.81. The van der Waals surface area contributed by atoms with Gasteiger partial charge in [0.2, 0.25) is 0 Å². The van der Waals surface area contributed by atoms with Crippen LogP contribution in [0.4, 0.5) is 0 Å². The maximum atomic E-state index is 5.52. The van der Waals surface area contributed by atoms with Crippen molar-refractivity contribution in [3.8, 4) is 0 Å². The van der Waals surface area contributed by atoms with Gasteiger partial charge in [0, 0.05) is 24.4 Å². The summed E-state index contributed by atoms with van der Waals surface area (Å²) in [6.45, 7) is 5.74. The molecule has 0 amide bonds. The van der Waals surface area contributed by atoms with E-state index in [1.165, 1.54) is 22.1 Å². The van der Waals surface area contributed by atoms with Crippen LogP contribution in [0.5, 0.6) is 0 Å². The van der Waals surface area contributed by atoms with Gasteiger partial charge < -0.3 is 10.1 Å². The maximum absolute atomic E-state index is 5.52. The molecule has 1 heterocycles. The van der Waals surface area contributed by atoms with E-state index in [4.69, 9.17) is 4.74 Å². The zero-order valence-corrected chi connectivity index (χ0v) is 11.8. The highest BCUT2D eigenvalue weighted by molar-refractivity contribution is 7.17. The number of fused-ring (bicyclic) bond motifs is 1. The van der Waals surface area contributed by atoms with Crippen LogP contribution in [0.3, 0.4) is 0 Å². The molecule has 1 aromatic carbocycles. The van der Waals surface area contributed by atoms with Crippen LogP contribution in [0, 0.1) is 0 Å². The van der Waals surface area contributed by atoms with Crippen molar-refractivity contribution in [2.75, 3.05) is 19.8 Å². The van der Waals surface area contributed by atoms with Gasteiger partial charge >= 0.3 is 0 Å². The number of unbranched alkanes of at least 4 members (excludes halogenated alkanes) is 1. The number of benzene rings is 1. The van der Waals surface area contributed by atoms with Gasteiger partial charge in [-0.1, -0.05) is 31.5 Å². The molecular weight excluding hydrogens is 242 g/mol. The minimum Gasteiger partial charge on any atom is -0.380 e. The van der Waals surface area contributed by atoms with E-state index in [1.807, 2.05) is 11.3 Å². The summed E-state index contributed by atoms with van der Waals surface area (Å²) in [7, 11) is 0. The first-order valence-corrected chi connectivity index (χ1v) is 7.53. The molecule has 0 atom stereocenters. The van der Waals surface area contributed by atoms with Crippen molar-refractivity contribution >= 4 is 21.4 Å². The summed E-state index contributed by atoms with van der Waals surface area (Å²) in [5, 5.41) is 7.06. The molecule has 0 fully saturated rings. The number of ether oxygens (including phenoxy) is 1. The Kier molecular flexibility index (Phi) is 5.65. The first-order valence-electron chi connectivity index (χ1n) is 6.65. The topological polar surface area (TPSA) is 21.3 Å². The van der Waals surface area contributed by atoms with Gasteiger partial charge in [-0.05, 0) is 28.8 Å². The van der Waals surface area contributed by atoms with Gasteiger partial charge in [-0.3, -0.25) is 0 Å². The standard InChI is InChI=1S/C15H21NOS/c1-2-3-9-17-10-8-16-11-13-12-18-15-7-5-4-6-14(13)15/h4-7,12,16H,2-3,8-11H2,1H3. The fraction of sp³-hybridized carbons (Fsp3) is 0.467. The predicted molar refractivity (Wildman–Crippen MR) is 79.3 cm³/mol. The first-order chi connectivity index (χ1) is 8.92. The molecule has 1 N–H and O–H groups in total. The molecule has 0 saturated carbocycles. The number of thiophene rings is 1. The van der Waals surface area contributed by atoms with Gasteiger partial charge in [-0.25, -0.2) is 0 Å². The second-order valence-corrected chi connectivity index (χ2v) is 5.31. The van der Waals surface area contributed by atoms with Crippen LogP contribution in [-0.4, -0.2) is 19.8 Å². The van der Waals surface area contributed by atoms with E-state index in [9.17, 15) is 0 Å². The monoisotopic (exact) mass is 263 g/mol. The normalized spacial score (nSPS) is 11.2. The molecule has 0 spiro atoms. The molecule has 2 rings (SSSR count). The van der Waals surface area contributed by atoms with Crippen molar-refractivity contribution in [2.24, 2.45) is 0 Å². The molecule has 3 heteroatoms. The van der Waals surface area contributed by atoms with E-state index in [1.54, 1.807) is 0 Å². The van der Waals surface area contributed by atoms with E-state index >= 15 is 0 Å². The van der Waals surface area contributed by atoms with E-state index in [-0.39, 0.29) is 0 Å². The van der Waals surface area contributed by atoms with Crippen LogP contribution in [0.1, 0.15) is 25.3 Å². The highest BCUT2D eigenvalue weighted by Gasteiger charge is 2.01. The average molecular weight is 263 g/mol. The Morgan fingerprint density at radius 3 is 3.00 bits per heavy atom. The van der Waals surface area contributed by atoms with Gasteiger partial charge in [-0.15, -0.1) is 11.3 Å². The highest BCUT2D eigenvalue weighted by atomic mass is 32.1. The van der Waals surface area contributed by atoms with Crippen LogP contribution in [-0.2, 0) is 11.3 Å². The highest BCUT2D eigenvalue weighted by Crippen LogP contribution is 2.25. The molecule has 0 bridgehead atoms. The molecule has 1 aromatic heterocycles. The third-order valence-electron chi connectivity index (χ3n) is 2.94. The van der Waals surface area contributed by atoms with Crippen molar-refractivity contribution in [3.63, 3.8) is 0 Å². The van der Waals surface area contributed by atoms with Crippen LogP contribution in [0.25, 0.3) is 10.1 Å². The van der Waals surface area contributed by atoms with Crippen molar-refractivity contribution < 1.29 is 4.74 Å². The Labute approximate surface area is 113 Å². The molecular formula is C15H21NOS. The average Bonchev–Trinajstić information content (AvgIpc) is 2.81. The number of hydrogen-bond acceptors (Lipinski definition) is 3. The van der Waals surface area contributed by atoms with Crippen molar-refractivity contribution in [2.45, 2.75) is 26.3 Å². The lowest BCUT2D eigenvalue weighted by Crippen LogP contribution is -2.19. The summed E-state index contributed by atoms with van der Waals surface area (Å²) in [5.74, 6) is 0. The second-order valence-electron chi connectivity index (χ2n) is 4.40. The van der Waals surface area contributed by atoms with E-state index in [0.29, 0.717) is 0 Å². The summed E-state index contributed by atoms with van der Waals surface area (Å²) < 4.78 is 6.89. The van der Waals surface area contributed by atoms with Crippen molar-refractivity contribution in [1.29, 1.82) is 0 Å². The lowest BCUT2D eigenvalue weighted by molar-refractivity contribution is 0.133. The van der Waals surface area contributed by atoms with Gasteiger partial charge in [0.1, 0.15) is 0 Å². The Bertz CT molecular complexity index is 466. The number of rotatable bonds is 8. The Morgan fingerprint density at radius 1 is 1.22 bits per heavy atom. The summed E-state index contributed by atoms with van der Waals surface area (Å²) in [6, 6.07) is 8.57. The third kappa shape index (κ3) is 3.80. The Hall–Kier alpha value is -0.900. The van der Waals surface area contributed by atoms with Crippen LogP contribution in [0.2, 0.25) is 0 Å². The minimum absolute atomic E-state index is 0.808. The molecule has 2 nitrogen and oxygen atoms in total. The lowest BCUT2D eigenvalue weighted by atomic mass is 10.2. The molecule has 0 aliphatic carbocycles. The molecule has 18 heavy (non-hydrogen) atoms. The van der Waals surface area contributed by atoms with Crippen LogP contribution >= 0.6 is 11.3 Å². The minimum atomic E-state index is 0.808. The van der Waals surface area contributed by atoms with E-state index in [0.717, 1.165) is 32.7 Å². The van der Waals surface area contributed by atoms with Crippen molar-refractivity contribution in [1.82, 2.24) is 5.32 Å². The van der Waals surface area contributed by atoms with E-state index in [2.05, 4.69) is 41.9 Å². The first kappa shape index (κ1) is 13.5. The number of hydrogen-bond donors (Lipinski definition) is 1. The molecule has 0 aliphatic rings. The Balaban J connectivity index is 1.70. The van der Waals surface area contributed by atoms with E-state index < -0.39 is 0 Å². The summed E-state index contributed by atoms with van der Waals surface area (Å²) in [6.07, 6.45) is 2.36. The SMILES string of the molecule is CCCCOCCNCc1csc2ccccc12. The number of nitrogens with one attached hydrogen (secondary N) is 1. The van der Waals surface area contributed by atoms with Gasteiger partial charge in [0.25, 0.3) is 0 Å². The fourth-order valence-electron chi connectivity index (χ4n) is 1.89. The summed E-state index contributed by atoms with van der Waals surface area (Å²) in [4.78, 5) is 0. The molecule has 2 aromatic rings. The smallest absolute Gasteiger partial charge is 0.0591 e. The third-order valence-corrected chi connectivity index (χ3v) is 3.95. The van der Waals surface area contributed by atoms with Crippen molar-refractivity contribution in [3.05, 3.63) is 35.2 Å². The molecule has 0 unspecified atom stereocenters. The van der Waals surface area contributed by atoms with Crippen LogP contribution < -0.4 is 5.32 Å². The largest absolute Gasteiger partial charge is 0.380 e. The molecule has 0 aliphatic heterocycles. The zero-order chi connectivity index (χ0) is 12.6. The lowest BCUT2D eigenvalue weighted by Gasteiger charge is -2.05. The molecule has 0 radical (unpaired) electrons. The quantitative estimate of drug-likeness (QED) is 0.731. The molecule has 98 valence electrons. The summed E-state index contributed by atoms with van der Waals surface area (Å²) in [5.41, 5.74) is 1.39. The second kappa shape index (κ2) is 7.52. The zero-order valence-electron chi connectivity index (χ0n) is 10.9. The van der Waals surface area contributed by atoms with Gasteiger partial charge in [0.15, 0.2) is 0 Å². The maximum Gasteiger partial charge on any atom is 0.0591 e. The fourth-order valence-corrected chi connectivity index (χ4v) is 2.85. The van der Waals surface area contributed by atoms with Gasteiger partial charge in [0.05, 0.1) is 6.61 Å². The Morgan fingerprint density at radius 2 is 2.11 bits per heavy atom. The van der Waals surface area contributed by atoms with Crippen LogP contribution in [0.15, 0.2) is 29.6 Å². The molecule has 0 saturated heterocycles. The van der Waals surface area contributed by atoms with Gasteiger partial charge in [-0.2, -0.15) is 0 Å².